The third-order valence-corrected chi connectivity index (χ3v) is 3.39. The molecule has 2 aromatic rings. The van der Waals surface area contributed by atoms with Gasteiger partial charge in [-0.2, -0.15) is 5.26 Å². The molecule has 1 aromatic heterocycles. The maximum absolute atomic E-state index is 8.73. The lowest BCUT2D eigenvalue weighted by molar-refractivity contribution is 0.808. The van der Waals surface area contributed by atoms with Crippen molar-refractivity contribution >= 4 is 28.3 Å². The second-order valence-corrected chi connectivity index (χ2v) is 4.55. The molecule has 0 aliphatic rings. The van der Waals surface area contributed by atoms with Crippen molar-refractivity contribution in [1.82, 2.24) is 4.98 Å². The Bertz CT molecular complexity index is 604. The zero-order chi connectivity index (χ0) is 13.7. The molecule has 19 heavy (non-hydrogen) atoms. The Morgan fingerprint density at radius 3 is 2.84 bits per heavy atom. The van der Waals surface area contributed by atoms with E-state index in [2.05, 4.69) is 24.0 Å². The standard InChI is InChI=1S/C15H16ClN3/c1-2-19(9-5-8-17)15-13(11-16)10-12-6-3-4-7-14(12)18-15/h3-4,6-7,10H,2,5,9,11H2,1H3. The molecule has 0 spiro atoms. The van der Waals surface area contributed by atoms with Gasteiger partial charge in [0.25, 0.3) is 0 Å². The molecule has 0 aliphatic heterocycles. The lowest BCUT2D eigenvalue weighted by Gasteiger charge is -2.23. The van der Waals surface area contributed by atoms with Crippen LogP contribution in [0.25, 0.3) is 10.9 Å². The highest BCUT2D eigenvalue weighted by atomic mass is 35.5. The minimum absolute atomic E-state index is 0.427. The van der Waals surface area contributed by atoms with E-state index in [1.165, 1.54) is 0 Å². The SMILES string of the molecule is CCN(CCC#N)c1nc2ccccc2cc1CCl. The highest BCUT2D eigenvalue weighted by Crippen LogP contribution is 2.25. The van der Waals surface area contributed by atoms with Crippen molar-refractivity contribution in [3.05, 3.63) is 35.9 Å². The quantitative estimate of drug-likeness (QED) is 0.780. The van der Waals surface area contributed by atoms with Crippen LogP contribution in [0.5, 0.6) is 0 Å². The second kappa shape index (κ2) is 6.40. The van der Waals surface area contributed by atoms with Gasteiger partial charge in [0.05, 0.1) is 23.9 Å². The summed E-state index contributed by atoms with van der Waals surface area (Å²) in [7, 11) is 0. The van der Waals surface area contributed by atoms with E-state index in [0.717, 1.165) is 28.8 Å². The smallest absolute Gasteiger partial charge is 0.133 e. The fraction of sp³-hybridized carbons (Fsp3) is 0.333. The highest BCUT2D eigenvalue weighted by Gasteiger charge is 2.12. The maximum atomic E-state index is 8.73. The molecule has 0 atom stereocenters. The Balaban J connectivity index is 2.47. The van der Waals surface area contributed by atoms with E-state index in [1.807, 2.05) is 24.3 Å². The van der Waals surface area contributed by atoms with Gasteiger partial charge in [0, 0.05) is 24.0 Å². The molecule has 0 amide bonds. The molecular formula is C15H16ClN3. The van der Waals surface area contributed by atoms with Crippen molar-refractivity contribution in [2.45, 2.75) is 19.2 Å². The number of anilines is 1. The predicted octanol–water partition coefficient (Wildman–Crippen LogP) is 3.71. The molecule has 0 saturated carbocycles. The zero-order valence-electron chi connectivity index (χ0n) is 10.9. The van der Waals surface area contributed by atoms with Gasteiger partial charge in [0.1, 0.15) is 5.82 Å². The summed E-state index contributed by atoms with van der Waals surface area (Å²) < 4.78 is 0. The van der Waals surface area contributed by atoms with Crippen molar-refractivity contribution in [3.63, 3.8) is 0 Å². The van der Waals surface area contributed by atoms with Crippen LogP contribution in [0, 0.1) is 11.3 Å². The normalized spacial score (nSPS) is 10.4. The molecule has 1 heterocycles. The summed E-state index contributed by atoms with van der Waals surface area (Å²) in [5.74, 6) is 1.32. The van der Waals surface area contributed by atoms with Crippen LogP contribution in [0.4, 0.5) is 5.82 Å². The number of para-hydroxylation sites is 1. The fourth-order valence-electron chi connectivity index (χ4n) is 2.12. The summed E-state index contributed by atoms with van der Waals surface area (Å²) >= 11 is 6.04. The van der Waals surface area contributed by atoms with E-state index in [4.69, 9.17) is 21.8 Å². The monoisotopic (exact) mass is 273 g/mol. The van der Waals surface area contributed by atoms with Crippen molar-refractivity contribution < 1.29 is 0 Å². The van der Waals surface area contributed by atoms with Crippen molar-refractivity contribution in [1.29, 1.82) is 5.26 Å². The van der Waals surface area contributed by atoms with Crippen molar-refractivity contribution in [2.24, 2.45) is 0 Å². The molecule has 0 aliphatic carbocycles. The number of hydrogen-bond acceptors (Lipinski definition) is 3. The number of fused-ring (bicyclic) bond motifs is 1. The molecule has 0 radical (unpaired) electrons. The Kier molecular flexibility index (Phi) is 4.59. The number of pyridine rings is 1. The van der Waals surface area contributed by atoms with E-state index >= 15 is 0 Å². The first kappa shape index (κ1) is 13.6. The van der Waals surface area contributed by atoms with Gasteiger partial charge >= 0.3 is 0 Å². The first-order valence-corrected chi connectivity index (χ1v) is 6.90. The van der Waals surface area contributed by atoms with E-state index in [0.29, 0.717) is 18.8 Å². The van der Waals surface area contributed by atoms with E-state index in [1.54, 1.807) is 0 Å². The summed E-state index contributed by atoms with van der Waals surface area (Å²) in [6.07, 6.45) is 0.490. The third-order valence-electron chi connectivity index (χ3n) is 3.10. The molecule has 4 heteroatoms. The van der Waals surface area contributed by atoms with E-state index < -0.39 is 0 Å². The number of alkyl halides is 1. The molecule has 3 nitrogen and oxygen atoms in total. The molecule has 0 bridgehead atoms. The van der Waals surface area contributed by atoms with Gasteiger partial charge in [-0.3, -0.25) is 0 Å². The molecule has 2 rings (SSSR count). The summed E-state index contributed by atoms with van der Waals surface area (Å²) in [5.41, 5.74) is 1.97. The summed E-state index contributed by atoms with van der Waals surface area (Å²) in [6.45, 7) is 3.56. The van der Waals surface area contributed by atoms with Gasteiger partial charge in [-0.05, 0) is 19.1 Å². The fourth-order valence-corrected chi connectivity index (χ4v) is 2.32. The van der Waals surface area contributed by atoms with Crippen LogP contribution in [0.15, 0.2) is 30.3 Å². The van der Waals surface area contributed by atoms with Gasteiger partial charge in [-0.25, -0.2) is 4.98 Å². The number of rotatable bonds is 5. The zero-order valence-corrected chi connectivity index (χ0v) is 11.7. The highest BCUT2D eigenvalue weighted by molar-refractivity contribution is 6.17. The molecule has 1 aromatic carbocycles. The number of nitrogens with zero attached hydrogens (tertiary/aromatic N) is 3. The molecule has 0 N–H and O–H groups in total. The second-order valence-electron chi connectivity index (χ2n) is 4.29. The topological polar surface area (TPSA) is 39.9 Å². The maximum Gasteiger partial charge on any atom is 0.133 e. The first-order valence-electron chi connectivity index (χ1n) is 6.36. The summed E-state index contributed by atoms with van der Waals surface area (Å²) in [6, 6.07) is 12.3. The van der Waals surface area contributed by atoms with Gasteiger partial charge in [0.2, 0.25) is 0 Å². The predicted molar refractivity (Wildman–Crippen MR) is 79.4 cm³/mol. The van der Waals surface area contributed by atoms with E-state index in [9.17, 15) is 0 Å². The Morgan fingerprint density at radius 2 is 2.16 bits per heavy atom. The number of benzene rings is 1. The van der Waals surface area contributed by atoms with Crippen LogP contribution < -0.4 is 4.90 Å². The third kappa shape index (κ3) is 2.97. The molecule has 98 valence electrons. The minimum atomic E-state index is 0.427. The van der Waals surface area contributed by atoms with Crippen molar-refractivity contribution in [3.8, 4) is 6.07 Å². The molecular weight excluding hydrogens is 258 g/mol. The molecule has 0 fully saturated rings. The van der Waals surface area contributed by atoms with Crippen LogP contribution in [0.3, 0.4) is 0 Å². The van der Waals surface area contributed by atoms with Gasteiger partial charge in [-0.1, -0.05) is 18.2 Å². The van der Waals surface area contributed by atoms with Gasteiger partial charge < -0.3 is 4.90 Å². The average molecular weight is 274 g/mol. The van der Waals surface area contributed by atoms with Crippen LogP contribution in [-0.2, 0) is 5.88 Å². The Hall–Kier alpha value is -1.79. The van der Waals surface area contributed by atoms with Crippen molar-refractivity contribution in [2.75, 3.05) is 18.0 Å². The lowest BCUT2D eigenvalue weighted by Crippen LogP contribution is -2.25. The Labute approximate surface area is 118 Å². The summed E-state index contributed by atoms with van der Waals surface area (Å²) in [4.78, 5) is 6.81. The number of aromatic nitrogens is 1. The number of halogens is 1. The number of hydrogen-bond donors (Lipinski definition) is 0. The molecule has 0 saturated heterocycles. The molecule has 0 unspecified atom stereocenters. The van der Waals surface area contributed by atoms with Crippen LogP contribution in [-0.4, -0.2) is 18.1 Å². The largest absolute Gasteiger partial charge is 0.356 e. The van der Waals surface area contributed by atoms with E-state index in [-0.39, 0.29) is 0 Å². The van der Waals surface area contributed by atoms with Gasteiger partial charge in [0.15, 0.2) is 0 Å². The summed E-state index contributed by atoms with van der Waals surface area (Å²) in [5, 5.41) is 9.83. The average Bonchev–Trinajstić information content (AvgIpc) is 2.47. The van der Waals surface area contributed by atoms with Crippen LogP contribution >= 0.6 is 11.6 Å². The Morgan fingerprint density at radius 1 is 1.37 bits per heavy atom. The first-order chi connectivity index (χ1) is 9.30. The lowest BCUT2D eigenvalue weighted by atomic mass is 10.1. The number of nitriles is 1. The van der Waals surface area contributed by atoms with Crippen LogP contribution in [0.1, 0.15) is 18.9 Å². The minimum Gasteiger partial charge on any atom is -0.356 e. The van der Waals surface area contributed by atoms with Crippen LogP contribution in [0.2, 0.25) is 0 Å². The van der Waals surface area contributed by atoms with Gasteiger partial charge in [-0.15, -0.1) is 11.6 Å².